The van der Waals surface area contributed by atoms with Crippen LogP contribution < -0.4 is 9.64 Å². The number of methoxy groups -OCH3 is 1. The first-order chi connectivity index (χ1) is 18.9. The number of allylic oxidation sites excluding steroid dienone is 1. The van der Waals surface area contributed by atoms with Crippen molar-refractivity contribution in [3.8, 4) is 5.75 Å². The zero-order chi connectivity index (χ0) is 27.0. The second-order valence-corrected chi connectivity index (χ2v) is 12.8. The molecule has 2 unspecified atom stereocenters. The fourth-order valence-corrected chi connectivity index (χ4v) is 7.64. The lowest BCUT2D eigenvalue weighted by Crippen LogP contribution is -2.49. The molecule has 9 heteroatoms. The molecular formula is C30H37N5O3S. The van der Waals surface area contributed by atoms with Gasteiger partial charge in [0.1, 0.15) is 17.4 Å². The van der Waals surface area contributed by atoms with Crippen LogP contribution in [-0.2, 0) is 10.0 Å². The summed E-state index contributed by atoms with van der Waals surface area (Å²) < 4.78 is 33.2. The van der Waals surface area contributed by atoms with E-state index in [1.165, 1.54) is 25.7 Å². The van der Waals surface area contributed by atoms with Crippen LogP contribution in [0.1, 0.15) is 44.5 Å². The van der Waals surface area contributed by atoms with Crippen molar-refractivity contribution in [3.63, 3.8) is 0 Å². The van der Waals surface area contributed by atoms with Crippen molar-refractivity contribution in [1.29, 1.82) is 0 Å². The van der Waals surface area contributed by atoms with Gasteiger partial charge in [0, 0.05) is 44.7 Å². The first-order valence-electron chi connectivity index (χ1n) is 14.0. The van der Waals surface area contributed by atoms with Crippen molar-refractivity contribution in [1.82, 2.24) is 19.2 Å². The Morgan fingerprint density at radius 1 is 0.949 bits per heavy atom. The highest BCUT2D eigenvalue weighted by Gasteiger charge is 2.32. The Balaban J connectivity index is 1.21. The molecule has 2 fully saturated rings. The molecule has 6 rings (SSSR count). The number of para-hydroxylation sites is 1. The molecular weight excluding hydrogens is 510 g/mol. The van der Waals surface area contributed by atoms with E-state index in [1.54, 1.807) is 41.3 Å². The molecule has 0 bridgehead atoms. The fourth-order valence-electron chi connectivity index (χ4n) is 6.22. The summed E-state index contributed by atoms with van der Waals surface area (Å²) in [6, 6.07) is 14.9. The van der Waals surface area contributed by atoms with Gasteiger partial charge in [-0.1, -0.05) is 23.8 Å². The molecule has 2 atom stereocenters. The number of piperazine rings is 1. The number of nitrogens with zero attached hydrogens (tertiary/aromatic N) is 5. The van der Waals surface area contributed by atoms with E-state index in [4.69, 9.17) is 14.7 Å². The maximum absolute atomic E-state index is 13.2. The predicted molar refractivity (Wildman–Crippen MR) is 154 cm³/mol. The Morgan fingerprint density at radius 2 is 1.72 bits per heavy atom. The number of piperidine rings is 1. The van der Waals surface area contributed by atoms with Crippen molar-refractivity contribution >= 4 is 26.7 Å². The number of sulfonamides is 1. The van der Waals surface area contributed by atoms with Crippen molar-refractivity contribution in [3.05, 3.63) is 66.0 Å². The van der Waals surface area contributed by atoms with Crippen LogP contribution in [0, 0.1) is 5.92 Å². The van der Waals surface area contributed by atoms with E-state index in [9.17, 15) is 8.42 Å². The molecule has 8 nitrogen and oxygen atoms in total. The molecule has 1 aromatic heterocycles. The smallest absolute Gasteiger partial charge is 0.243 e. The summed E-state index contributed by atoms with van der Waals surface area (Å²) in [6.07, 6.45) is 7.44. The number of hydrogen-bond acceptors (Lipinski definition) is 7. The number of ether oxygens (including phenoxy) is 1. The third kappa shape index (κ3) is 5.15. The Hall–Kier alpha value is -3.01. The fraction of sp³-hybridized carbons (Fsp3) is 0.467. The SMILES string of the molecule is COc1ccc(S(=O)(=O)N2CCN(C(C)c3nc(N4CCC5CCCC=C5C4)c4ccccc4n3)CC2)cc1. The molecule has 1 aliphatic carbocycles. The molecule has 206 valence electrons. The molecule has 39 heavy (non-hydrogen) atoms. The van der Waals surface area contributed by atoms with E-state index in [-0.39, 0.29) is 6.04 Å². The first-order valence-corrected chi connectivity index (χ1v) is 15.5. The predicted octanol–water partition coefficient (Wildman–Crippen LogP) is 4.64. The minimum absolute atomic E-state index is 0.0226. The van der Waals surface area contributed by atoms with Crippen LogP contribution in [-0.4, -0.2) is 74.0 Å². The summed E-state index contributed by atoms with van der Waals surface area (Å²) in [5, 5.41) is 1.10. The third-order valence-electron chi connectivity index (χ3n) is 8.60. The van der Waals surface area contributed by atoms with Crippen LogP contribution in [0.2, 0.25) is 0 Å². The molecule has 3 aliphatic rings. The number of anilines is 1. The van der Waals surface area contributed by atoms with Crippen LogP contribution in [0.4, 0.5) is 5.82 Å². The maximum Gasteiger partial charge on any atom is 0.243 e. The number of aromatic nitrogens is 2. The van der Waals surface area contributed by atoms with Gasteiger partial charge in [-0.2, -0.15) is 4.31 Å². The maximum atomic E-state index is 13.2. The molecule has 0 radical (unpaired) electrons. The quantitative estimate of drug-likeness (QED) is 0.416. The molecule has 0 amide bonds. The van der Waals surface area contributed by atoms with Crippen LogP contribution in [0.3, 0.4) is 0 Å². The van der Waals surface area contributed by atoms with Gasteiger partial charge in [0.05, 0.1) is 23.6 Å². The Labute approximate surface area is 231 Å². The lowest BCUT2D eigenvalue weighted by molar-refractivity contribution is 0.141. The number of rotatable bonds is 6. The van der Waals surface area contributed by atoms with Crippen LogP contribution in [0.5, 0.6) is 5.75 Å². The average molecular weight is 548 g/mol. The van der Waals surface area contributed by atoms with E-state index >= 15 is 0 Å². The summed E-state index contributed by atoms with van der Waals surface area (Å²) in [7, 11) is -1.98. The van der Waals surface area contributed by atoms with Gasteiger partial charge >= 0.3 is 0 Å². The zero-order valence-electron chi connectivity index (χ0n) is 22.8. The van der Waals surface area contributed by atoms with Crippen LogP contribution in [0.15, 0.2) is 65.1 Å². The highest BCUT2D eigenvalue weighted by molar-refractivity contribution is 7.89. The summed E-state index contributed by atoms with van der Waals surface area (Å²) in [4.78, 5) is 15.2. The molecule has 3 heterocycles. The molecule has 0 saturated carbocycles. The zero-order valence-corrected chi connectivity index (χ0v) is 23.6. The van der Waals surface area contributed by atoms with Gasteiger partial charge in [-0.15, -0.1) is 0 Å². The van der Waals surface area contributed by atoms with Gasteiger partial charge in [-0.3, -0.25) is 4.90 Å². The van der Waals surface area contributed by atoms with Crippen molar-refractivity contribution in [2.45, 2.75) is 43.5 Å². The Morgan fingerprint density at radius 3 is 2.49 bits per heavy atom. The molecule has 2 aromatic carbocycles. The van der Waals surface area contributed by atoms with Gasteiger partial charge in [0.15, 0.2) is 0 Å². The van der Waals surface area contributed by atoms with Gasteiger partial charge in [0.2, 0.25) is 10.0 Å². The van der Waals surface area contributed by atoms with E-state index < -0.39 is 10.0 Å². The van der Waals surface area contributed by atoms with Crippen LogP contribution >= 0.6 is 0 Å². The molecule has 0 spiro atoms. The van der Waals surface area contributed by atoms with E-state index in [0.717, 1.165) is 41.6 Å². The molecule has 2 saturated heterocycles. The first kappa shape index (κ1) is 26.2. The van der Waals surface area contributed by atoms with Crippen LogP contribution in [0.25, 0.3) is 10.9 Å². The lowest BCUT2D eigenvalue weighted by atomic mass is 9.82. The lowest BCUT2D eigenvalue weighted by Gasteiger charge is -2.38. The van der Waals surface area contributed by atoms with E-state index in [2.05, 4.69) is 41.0 Å². The van der Waals surface area contributed by atoms with Crippen molar-refractivity contribution in [2.75, 3.05) is 51.3 Å². The highest BCUT2D eigenvalue weighted by atomic mass is 32.2. The van der Waals surface area contributed by atoms with Gasteiger partial charge in [-0.05, 0) is 74.9 Å². The number of fused-ring (bicyclic) bond motifs is 2. The molecule has 0 N–H and O–H groups in total. The summed E-state index contributed by atoms with van der Waals surface area (Å²) in [6.45, 7) is 6.21. The van der Waals surface area contributed by atoms with Gasteiger partial charge < -0.3 is 9.64 Å². The summed E-state index contributed by atoms with van der Waals surface area (Å²) in [5.41, 5.74) is 2.53. The molecule has 2 aliphatic heterocycles. The van der Waals surface area contributed by atoms with Gasteiger partial charge in [0.25, 0.3) is 0 Å². The Kier molecular flexibility index (Phi) is 7.31. The van der Waals surface area contributed by atoms with E-state index in [1.807, 2.05) is 6.07 Å². The topological polar surface area (TPSA) is 78.9 Å². The minimum atomic E-state index is -3.55. The third-order valence-corrected chi connectivity index (χ3v) is 10.5. The summed E-state index contributed by atoms with van der Waals surface area (Å²) >= 11 is 0. The molecule has 3 aromatic rings. The monoisotopic (exact) mass is 547 g/mol. The normalized spacial score (nSPS) is 21.8. The van der Waals surface area contributed by atoms with Crippen molar-refractivity contribution < 1.29 is 13.2 Å². The minimum Gasteiger partial charge on any atom is -0.497 e. The standard InChI is InChI=1S/C30H37N5O3S/c1-22(33-17-19-35(20-18-33)39(36,37)26-13-11-25(38-2)12-14-26)29-31-28-10-6-5-9-27(28)30(32-29)34-16-15-23-7-3-4-8-24(23)21-34/h5-6,8-14,22-23H,3-4,7,15-21H2,1-2H3. The van der Waals surface area contributed by atoms with E-state index in [0.29, 0.717) is 36.8 Å². The second-order valence-electron chi connectivity index (χ2n) is 10.8. The Bertz CT molecular complexity index is 1470. The largest absolute Gasteiger partial charge is 0.497 e. The number of hydrogen-bond donors (Lipinski definition) is 0. The average Bonchev–Trinajstić information content (AvgIpc) is 3.00. The number of benzene rings is 2. The summed E-state index contributed by atoms with van der Waals surface area (Å²) in [5.74, 6) is 3.19. The van der Waals surface area contributed by atoms with Gasteiger partial charge in [-0.25, -0.2) is 18.4 Å². The highest BCUT2D eigenvalue weighted by Crippen LogP contribution is 2.36. The second kappa shape index (κ2) is 10.9. The van der Waals surface area contributed by atoms with Crippen molar-refractivity contribution in [2.24, 2.45) is 5.92 Å².